The summed E-state index contributed by atoms with van der Waals surface area (Å²) >= 11 is 1.50. The molecule has 0 unspecified atom stereocenters. The van der Waals surface area contributed by atoms with Crippen molar-refractivity contribution in [2.45, 2.75) is 38.6 Å². The molecule has 88 valence electrons. The summed E-state index contributed by atoms with van der Waals surface area (Å²) in [6.45, 7) is 4.88. The number of aromatic nitrogens is 2. The standard InChI is InChI=1S/C10H15N3O2S/c1-6(2)8-11-12-10(16-8)13-5-3-4-7(13)9(14)15/h6-7H,3-5H2,1-2H3,(H,14,15)/t7-/m0/s1. The Hall–Kier alpha value is -1.17. The summed E-state index contributed by atoms with van der Waals surface area (Å²) in [6, 6.07) is -0.423. The maximum atomic E-state index is 11.0. The topological polar surface area (TPSA) is 66.3 Å². The summed E-state index contributed by atoms with van der Waals surface area (Å²) in [4.78, 5) is 12.9. The molecule has 0 bridgehead atoms. The molecule has 1 aromatic rings. The van der Waals surface area contributed by atoms with Crippen LogP contribution >= 0.6 is 11.3 Å². The van der Waals surface area contributed by atoms with Gasteiger partial charge in [-0.15, -0.1) is 10.2 Å². The molecule has 0 saturated carbocycles. The van der Waals surface area contributed by atoms with Crippen molar-refractivity contribution in [3.63, 3.8) is 0 Å². The van der Waals surface area contributed by atoms with E-state index in [0.717, 1.165) is 23.1 Å². The number of aliphatic carboxylic acids is 1. The first-order chi connectivity index (χ1) is 7.59. The second kappa shape index (κ2) is 4.37. The van der Waals surface area contributed by atoms with Gasteiger partial charge in [0, 0.05) is 12.5 Å². The highest BCUT2D eigenvalue weighted by molar-refractivity contribution is 7.15. The Morgan fingerprint density at radius 3 is 2.88 bits per heavy atom. The average molecular weight is 241 g/mol. The molecule has 1 atom stereocenters. The monoisotopic (exact) mass is 241 g/mol. The maximum Gasteiger partial charge on any atom is 0.326 e. The Bertz CT molecular complexity index is 391. The van der Waals surface area contributed by atoms with E-state index in [2.05, 4.69) is 24.0 Å². The second-order valence-electron chi connectivity index (χ2n) is 4.27. The van der Waals surface area contributed by atoms with Crippen molar-refractivity contribution >= 4 is 22.4 Å². The average Bonchev–Trinajstić information content (AvgIpc) is 2.86. The molecule has 1 N–H and O–H groups in total. The molecule has 0 aliphatic carbocycles. The van der Waals surface area contributed by atoms with Gasteiger partial charge < -0.3 is 10.0 Å². The highest BCUT2D eigenvalue weighted by Crippen LogP contribution is 2.30. The van der Waals surface area contributed by atoms with E-state index in [1.54, 1.807) is 0 Å². The molecule has 16 heavy (non-hydrogen) atoms. The van der Waals surface area contributed by atoms with E-state index in [1.165, 1.54) is 11.3 Å². The molecule has 1 fully saturated rings. The largest absolute Gasteiger partial charge is 0.480 e. The van der Waals surface area contributed by atoms with E-state index in [1.807, 2.05) is 4.90 Å². The van der Waals surface area contributed by atoms with E-state index in [4.69, 9.17) is 5.11 Å². The number of carboxylic acid groups (broad SMARTS) is 1. The van der Waals surface area contributed by atoms with Gasteiger partial charge in [0.2, 0.25) is 5.13 Å². The van der Waals surface area contributed by atoms with Gasteiger partial charge in [-0.3, -0.25) is 0 Å². The highest BCUT2D eigenvalue weighted by atomic mass is 32.1. The molecule has 0 aromatic carbocycles. The normalized spacial score (nSPS) is 20.7. The number of nitrogens with zero attached hydrogens (tertiary/aromatic N) is 3. The van der Waals surface area contributed by atoms with Crippen molar-refractivity contribution in [3.8, 4) is 0 Å². The van der Waals surface area contributed by atoms with Gasteiger partial charge in [-0.25, -0.2) is 4.79 Å². The zero-order valence-electron chi connectivity index (χ0n) is 9.38. The Labute approximate surface area is 98.1 Å². The maximum absolute atomic E-state index is 11.0. The third kappa shape index (κ3) is 2.02. The number of hydrogen-bond acceptors (Lipinski definition) is 5. The summed E-state index contributed by atoms with van der Waals surface area (Å²) in [7, 11) is 0. The van der Waals surface area contributed by atoms with E-state index >= 15 is 0 Å². The Kier molecular flexibility index (Phi) is 3.09. The van der Waals surface area contributed by atoms with Crippen LogP contribution < -0.4 is 4.90 Å². The van der Waals surface area contributed by atoms with Crippen LogP contribution in [0.4, 0.5) is 5.13 Å². The Morgan fingerprint density at radius 1 is 1.56 bits per heavy atom. The number of anilines is 1. The van der Waals surface area contributed by atoms with Crippen LogP contribution in [-0.2, 0) is 4.79 Å². The minimum atomic E-state index is -0.765. The lowest BCUT2D eigenvalue weighted by atomic mass is 10.2. The van der Waals surface area contributed by atoms with Crippen LogP contribution in [0.3, 0.4) is 0 Å². The van der Waals surface area contributed by atoms with Crippen molar-refractivity contribution in [2.75, 3.05) is 11.4 Å². The minimum absolute atomic E-state index is 0.345. The SMILES string of the molecule is CC(C)c1nnc(N2CCC[C@H]2C(=O)O)s1. The quantitative estimate of drug-likeness (QED) is 0.872. The van der Waals surface area contributed by atoms with E-state index in [9.17, 15) is 4.79 Å². The van der Waals surface area contributed by atoms with Crippen LogP contribution in [0, 0.1) is 0 Å². The van der Waals surface area contributed by atoms with Crippen molar-refractivity contribution in [1.29, 1.82) is 0 Å². The zero-order valence-corrected chi connectivity index (χ0v) is 10.2. The second-order valence-corrected chi connectivity index (χ2v) is 5.25. The van der Waals surface area contributed by atoms with Crippen LogP contribution in [0.25, 0.3) is 0 Å². The molecule has 6 heteroatoms. The lowest BCUT2D eigenvalue weighted by Gasteiger charge is -2.19. The Morgan fingerprint density at radius 2 is 2.31 bits per heavy atom. The number of carboxylic acids is 1. The fourth-order valence-electron chi connectivity index (χ4n) is 1.83. The number of hydrogen-bond donors (Lipinski definition) is 1. The highest BCUT2D eigenvalue weighted by Gasteiger charge is 2.32. The molecule has 2 rings (SSSR count). The summed E-state index contributed by atoms with van der Waals surface area (Å²) in [6.07, 6.45) is 1.61. The first kappa shape index (κ1) is 11.3. The third-order valence-electron chi connectivity index (χ3n) is 2.71. The van der Waals surface area contributed by atoms with Gasteiger partial charge in [-0.05, 0) is 12.8 Å². The lowest BCUT2D eigenvalue weighted by molar-refractivity contribution is -0.138. The Balaban J connectivity index is 2.19. The van der Waals surface area contributed by atoms with Gasteiger partial charge in [0.1, 0.15) is 11.0 Å². The van der Waals surface area contributed by atoms with Crippen LogP contribution in [0.5, 0.6) is 0 Å². The summed E-state index contributed by atoms with van der Waals surface area (Å²) in [5.74, 6) is -0.420. The van der Waals surface area contributed by atoms with Crippen LogP contribution in [0.2, 0.25) is 0 Å². The molecule has 0 amide bonds. The van der Waals surface area contributed by atoms with Gasteiger partial charge in [-0.1, -0.05) is 25.2 Å². The lowest BCUT2D eigenvalue weighted by Crippen LogP contribution is -2.35. The van der Waals surface area contributed by atoms with Crippen molar-refractivity contribution in [2.24, 2.45) is 0 Å². The summed E-state index contributed by atoms with van der Waals surface area (Å²) in [5, 5.41) is 19.0. The van der Waals surface area contributed by atoms with Crippen LogP contribution in [-0.4, -0.2) is 33.9 Å². The predicted molar refractivity (Wildman–Crippen MR) is 62.0 cm³/mol. The molecule has 0 spiro atoms. The van der Waals surface area contributed by atoms with Gasteiger partial charge >= 0.3 is 5.97 Å². The van der Waals surface area contributed by atoms with Crippen molar-refractivity contribution in [1.82, 2.24) is 10.2 Å². The van der Waals surface area contributed by atoms with Gasteiger partial charge in [0.15, 0.2) is 0 Å². The van der Waals surface area contributed by atoms with E-state index in [-0.39, 0.29) is 0 Å². The fraction of sp³-hybridized carbons (Fsp3) is 0.700. The van der Waals surface area contributed by atoms with E-state index in [0.29, 0.717) is 12.3 Å². The molecular weight excluding hydrogens is 226 g/mol. The zero-order chi connectivity index (χ0) is 11.7. The molecular formula is C10H15N3O2S. The number of carbonyl (C=O) groups is 1. The fourth-order valence-corrected chi connectivity index (χ4v) is 2.75. The molecule has 1 saturated heterocycles. The van der Waals surface area contributed by atoms with Gasteiger partial charge in [-0.2, -0.15) is 0 Å². The summed E-state index contributed by atoms with van der Waals surface area (Å²) < 4.78 is 0. The summed E-state index contributed by atoms with van der Waals surface area (Å²) in [5.41, 5.74) is 0. The first-order valence-corrected chi connectivity index (χ1v) is 6.24. The molecule has 1 aromatic heterocycles. The smallest absolute Gasteiger partial charge is 0.326 e. The van der Waals surface area contributed by atoms with Gasteiger partial charge in [0.25, 0.3) is 0 Å². The first-order valence-electron chi connectivity index (χ1n) is 5.42. The van der Waals surface area contributed by atoms with Crippen LogP contribution in [0.15, 0.2) is 0 Å². The molecule has 1 aliphatic rings. The van der Waals surface area contributed by atoms with Crippen molar-refractivity contribution in [3.05, 3.63) is 5.01 Å². The third-order valence-corrected chi connectivity index (χ3v) is 3.97. The predicted octanol–water partition coefficient (Wildman–Crippen LogP) is 1.71. The van der Waals surface area contributed by atoms with E-state index < -0.39 is 12.0 Å². The molecule has 2 heterocycles. The molecule has 5 nitrogen and oxygen atoms in total. The van der Waals surface area contributed by atoms with Crippen molar-refractivity contribution < 1.29 is 9.90 Å². The van der Waals surface area contributed by atoms with Gasteiger partial charge in [0.05, 0.1) is 0 Å². The molecule has 0 radical (unpaired) electrons. The van der Waals surface area contributed by atoms with Crippen LogP contribution in [0.1, 0.15) is 37.6 Å². The minimum Gasteiger partial charge on any atom is -0.480 e. The number of rotatable bonds is 3. The molecule has 1 aliphatic heterocycles.